The summed E-state index contributed by atoms with van der Waals surface area (Å²) in [7, 11) is 1.82. The number of hydrogen-bond acceptors (Lipinski definition) is 2. The van der Waals surface area contributed by atoms with Crippen LogP contribution >= 0.6 is 0 Å². The van der Waals surface area contributed by atoms with Gasteiger partial charge in [-0.1, -0.05) is 0 Å². The van der Waals surface area contributed by atoms with Crippen molar-refractivity contribution < 1.29 is 4.74 Å². The van der Waals surface area contributed by atoms with Crippen LogP contribution in [-0.2, 0) is 4.74 Å². The molecule has 0 aromatic carbocycles. The zero-order chi connectivity index (χ0) is 12.8. The Bertz CT molecular complexity index is 275. The number of hydrogen-bond donors (Lipinski definition) is 1. The smallest absolute Gasteiger partial charge is 0.0634 e. The third kappa shape index (κ3) is 2.46. The van der Waals surface area contributed by atoms with Crippen LogP contribution in [-0.4, -0.2) is 24.8 Å². The second kappa shape index (κ2) is 4.49. The number of nitrogens with one attached hydrogen (secondary N) is 1. The quantitative estimate of drug-likeness (QED) is 0.809. The molecule has 1 N–H and O–H groups in total. The van der Waals surface area contributed by atoms with E-state index in [0.29, 0.717) is 5.54 Å². The predicted octanol–water partition coefficient (Wildman–Crippen LogP) is 3.36. The second-order valence-corrected chi connectivity index (χ2v) is 7.84. The molecule has 0 amide bonds. The van der Waals surface area contributed by atoms with Gasteiger partial charge in [0.2, 0.25) is 0 Å². The highest BCUT2D eigenvalue weighted by molar-refractivity contribution is 5.06. The summed E-state index contributed by atoms with van der Waals surface area (Å²) in [6.45, 7) is 5.50. The van der Waals surface area contributed by atoms with E-state index in [-0.39, 0.29) is 5.60 Å². The van der Waals surface area contributed by atoms with E-state index < -0.39 is 0 Å². The van der Waals surface area contributed by atoms with Gasteiger partial charge >= 0.3 is 0 Å². The summed E-state index contributed by atoms with van der Waals surface area (Å²) in [5, 5.41) is 3.94. The Morgan fingerprint density at radius 3 is 2.00 bits per heavy atom. The summed E-state index contributed by atoms with van der Waals surface area (Å²) in [6.07, 6.45) is 10.1. The van der Waals surface area contributed by atoms with Gasteiger partial charge in [0, 0.05) is 12.6 Å². The molecule has 0 aliphatic heterocycles. The lowest BCUT2D eigenvalue weighted by atomic mass is 9.53. The molecule has 2 nitrogen and oxygen atoms in total. The topological polar surface area (TPSA) is 21.3 Å². The van der Waals surface area contributed by atoms with Gasteiger partial charge in [0.25, 0.3) is 0 Å². The monoisotopic (exact) mass is 251 g/mol. The molecule has 18 heavy (non-hydrogen) atoms. The van der Waals surface area contributed by atoms with Gasteiger partial charge in [-0.3, -0.25) is 0 Å². The van der Waals surface area contributed by atoms with Crippen molar-refractivity contribution in [2.45, 2.75) is 69.9 Å². The fourth-order valence-electron chi connectivity index (χ4n) is 5.06. The highest BCUT2D eigenvalue weighted by Crippen LogP contribution is 2.55. The molecule has 0 heterocycles. The van der Waals surface area contributed by atoms with Gasteiger partial charge < -0.3 is 10.1 Å². The normalized spacial score (nSPS) is 42.5. The van der Waals surface area contributed by atoms with Gasteiger partial charge in [0.1, 0.15) is 0 Å². The molecule has 4 fully saturated rings. The maximum atomic E-state index is 5.52. The maximum absolute atomic E-state index is 5.52. The number of methoxy groups -OCH3 is 1. The molecule has 4 aliphatic rings. The standard InChI is InChI=1S/C16H29NO/c1-15(2,18-3)4-5-17-16-9-12-6-13(10-16)8-14(7-12)11-16/h12-14,17H,4-11H2,1-3H3. The molecule has 0 unspecified atom stereocenters. The summed E-state index contributed by atoms with van der Waals surface area (Å²) in [5.74, 6) is 3.12. The molecule has 2 heteroatoms. The lowest BCUT2D eigenvalue weighted by Gasteiger charge is -2.57. The van der Waals surface area contributed by atoms with Crippen LogP contribution in [0.4, 0.5) is 0 Å². The molecular formula is C16H29NO. The van der Waals surface area contributed by atoms with Crippen LogP contribution in [0.25, 0.3) is 0 Å². The van der Waals surface area contributed by atoms with Crippen molar-refractivity contribution in [2.75, 3.05) is 13.7 Å². The molecule has 0 aromatic rings. The third-order valence-electron chi connectivity index (χ3n) is 5.82. The van der Waals surface area contributed by atoms with Crippen LogP contribution in [0.5, 0.6) is 0 Å². The average Bonchev–Trinajstić information content (AvgIpc) is 2.26. The van der Waals surface area contributed by atoms with Crippen molar-refractivity contribution >= 4 is 0 Å². The van der Waals surface area contributed by atoms with Gasteiger partial charge in [-0.2, -0.15) is 0 Å². The summed E-state index contributed by atoms with van der Waals surface area (Å²) < 4.78 is 5.52. The molecule has 0 spiro atoms. The number of rotatable bonds is 5. The van der Waals surface area contributed by atoms with E-state index in [9.17, 15) is 0 Å². The summed E-state index contributed by atoms with van der Waals surface area (Å²) in [6, 6.07) is 0. The minimum absolute atomic E-state index is 0.0231. The van der Waals surface area contributed by atoms with Gasteiger partial charge in [0.15, 0.2) is 0 Å². The SMILES string of the molecule is COC(C)(C)CCNC12CC3CC(CC(C3)C1)C2. The van der Waals surface area contributed by atoms with E-state index in [0.717, 1.165) is 30.7 Å². The van der Waals surface area contributed by atoms with E-state index in [1.165, 1.54) is 38.5 Å². The lowest BCUT2D eigenvalue weighted by molar-refractivity contribution is -0.0268. The van der Waals surface area contributed by atoms with Gasteiger partial charge in [-0.05, 0) is 83.1 Å². The molecule has 4 saturated carbocycles. The van der Waals surface area contributed by atoms with E-state index in [4.69, 9.17) is 4.74 Å². The first-order valence-electron chi connectivity index (χ1n) is 7.80. The van der Waals surface area contributed by atoms with Crippen LogP contribution in [0.15, 0.2) is 0 Å². The Balaban J connectivity index is 1.56. The summed E-state index contributed by atoms with van der Waals surface area (Å²) in [4.78, 5) is 0. The van der Waals surface area contributed by atoms with Gasteiger partial charge in [0.05, 0.1) is 5.60 Å². The first-order chi connectivity index (χ1) is 8.50. The highest BCUT2D eigenvalue weighted by atomic mass is 16.5. The number of ether oxygens (including phenoxy) is 1. The third-order valence-corrected chi connectivity index (χ3v) is 5.82. The Labute approximate surface area is 112 Å². The molecule has 0 atom stereocenters. The Morgan fingerprint density at radius 1 is 1.06 bits per heavy atom. The molecule has 4 aliphatic carbocycles. The second-order valence-electron chi connectivity index (χ2n) is 7.84. The molecule has 0 saturated heterocycles. The van der Waals surface area contributed by atoms with Crippen molar-refractivity contribution in [3.05, 3.63) is 0 Å². The Morgan fingerprint density at radius 2 is 1.56 bits per heavy atom. The summed E-state index contributed by atoms with van der Waals surface area (Å²) in [5.41, 5.74) is 0.536. The lowest BCUT2D eigenvalue weighted by Crippen LogP contribution is -2.58. The fraction of sp³-hybridized carbons (Fsp3) is 1.00. The first kappa shape index (κ1) is 12.9. The van der Waals surface area contributed by atoms with Crippen molar-refractivity contribution in [2.24, 2.45) is 17.8 Å². The molecule has 0 aromatic heterocycles. The van der Waals surface area contributed by atoms with Crippen LogP contribution in [0.1, 0.15) is 58.8 Å². The van der Waals surface area contributed by atoms with Crippen LogP contribution < -0.4 is 5.32 Å². The van der Waals surface area contributed by atoms with Crippen molar-refractivity contribution in [3.8, 4) is 0 Å². The predicted molar refractivity (Wildman–Crippen MR) is 74.6 cm³/mol. The maximum Gasteiger partial charge on any atom is 0.0634 e. The Hall–Kier alpha value is -0.0800. The Kier molecular flexibility index (Phi) is 3.22. The van der Waals surface area contributed by atoms with Crippen molar-refractivity contribution in [1.82, 2.24) is 5.32 Å². The largest absolute Gasteiger partial charge is 0.379 e. The minimum atomic E-state index is 0.0231. The van der Waals surface area contributed by atoms with Crippen LogP contribution in [0.3, 0.4) is 0 Å². The molecule has 104 valence electrons. The zero-order valence-corrected chi connectivity index (χ0v) is 12.3. The average molecular weight is 251 g/mol. The minimum Gasteiger partial charge on any atom is -0.379 e. The molecule has 0 radical (unpaired) electrons. The van der Waals surface area contributed by atoms with Crippen LogP contribution in [0.2, 0.25) is 0 Å². The van der Waals surface area contributed by atoms with Gasteiger partial charge in [-0.25, -0.2) is 0 Å². The van der Waals surface area contributed by atoms with Gasteiger partial charge in [-0.15, -0.1) is 0 Å². The highest BCUT2D eigenvalue weighted by Gasteiger charge is 2.50. The van der Waals surface area contributed by atoms with E-state index in [2.05, 4.69) is 19.2 Å². The first-order valence-corrected chi connectivity index (χ1v) is 7.80. The van der Waals surface area contributed by atoms with E-state index >= 15 is 0 Å². The van der Waals surface area contributed by atoms with Crippen molar-refractivity contribution in [3.63, 3.8) is 0 Å². The molecule has 4 rings (SSSR count). The molecule has 4 bridgehead atoms. The fourth-order valence-corrected chi connectivity index (χ4v) is 5.06. The van der Waals surface area contributed by atoms with E-state index in [1.54, 1.807) is 0 Å². The van der Waals surface area contributed by atoms with E-state index in [1.807, 2.05) is 7.11 Å². The van der Waals surface area contributed by atoms with Crippen molar-refractivity contribution in [1.29, 1.82) is 0 Å². The molecular weight excluding hydrogens is 222 g/mol. The summed E-state index contributed by atoms with van der Waals surface area (Å²) >= 11 is 0. The van der Waals surface area contributed by atoms with Crippen LogP contribution in [0, 0.1) is 17.8 Å². The zero-order valence-electron chi connectivity index (χ0n) is 12.3.